The Morgan fingerprint density at radius 2 is 1.38 bits per heavy atom. The van der Waals surface area contributed by atoms with Crippen LogP contribution in [0.4, 0.5) is 30.7 Å². The maximum absolute atomic E-state index is 13.7. The summed E-state index contributed by atoms with van der Waals surface area (Å²) in [7, 11) is 0. The molecule has 0 radical (unpaired) electrons. The van der Waals surface area contributed by atoms with E-state index in [1.807, 2.05) is 0 Å². The van der Waals surface area contributed by atoms with Crippen LogP contribution in [-0.2, 0) is 5.60 Å². The minimum atomic E-state index is -6.23. The van der Waals surface area contributed by atoms with Crippen molar-refractivity contribution in [1.82, 2.24) is 0 Å². The molecular formula is C12H10ClF7O. The molecule has 0 spiro atoms. The number of hydrogen-bond acceptors (Lipinski definition) is 1. The Balaban J connectivity index is 3.30. The zero-order chi connectivity index (χ0) is 16.7. The largest absolute Gasteiger partial charge is 0.431 e. The molecule has 0 saturated carbocycles. The average Bonchev–Trinajstić information content (AvgIpc) is 2.25. The number of aliphatic hydroxyl groups is 1. The molecule has 0 aliphatic rings. The number of alkyl halides is 7. The van der Waals surface area contributed by atoms with E-state index in [-0.39, 0.29) is 5.02 Å². The number of halogens is 8. The zero-order valence-electron chi connectivity index (χ0n) is 10.5. The van der Waals surface area contributed by atoms with Crippen LogP contribution in [-0.4, -0.2) is 23.1 Å². The lowest BCUT2D eigenvalue weighted by atomic mass is 9.83. The Hall–Kier alpha value is -1.02. The molecule has 0 heterocycles. The maximum atomic E-state index is 13.7. The summed E-state index contributed by atoms with van der Waals surface area (Å²) in [6, 6.07) is 4.79. The molecule has 1 nitrogen and oxygen atoms in total. The summed E-state index contributed by atoms with van der Waals surface area (Å²) in [5, 5.41) is 9.64. The molecule has 1 N–H and O–H groups in total. The molecule has 21 heavy (non-hydrogen) atoms. The quantitative estimate of drug-likeness (QED) is 0.787. The first-order valence-electron chi connectivity index (χ1n) is 5.52. The summed E-state index contributed by atoms with van der Waals surface area (Å²) in [5.74, 6) is 0. The molecule has 1 rings (SSSR count). The van der Waals surface area contributed by atoms with E-state index in [0.29, 0.717) is 6.92 Å². The minimum Gasteiger partial charge on any atom is -0.385 e. The first kappa shape index (κ1) is 18.0. The second kappa shape index (κ2) is 5.31. The lowest BCUT2D eigenvalue weighted by Crippen LogP contribution is -2.56. The Kier molecular flexibility index (Phi) is 4.56. The molecule has 1 aromatic rings. The van der Waals surface area contributed by atoms with Crippen LogP contribution in [0.15, 0.2) is 24.3 Å². The Morgan fingerprint density at radius 1 is 0.952 bits per heavy atom. The molecule has 0 saturated heterocycles. The lowest BCUT2D eigenvalue weighted by molar-refractivity contribution is -0.352. The molecule has 0 aromatic heterocycles. The molecule has 0 fully saturated rings. The third kappa shape index (κ3) is 3.42. The lowest BCUT2D eigenvalue weighted by Gasteiger charge is -2.36. The summed E-state index contributed by atoms with van der Waals surface area (Å²) in [6.45, 7) is 0.639. The Morgan fingerprint density at radius 3 is 1.76 bits per heavy atom. The number of rotatable bonds is 3. The molecule has 1 unspecified atom stereocenters. The maximum Gasteiger partial charge on any atom is 0.431 e. The van der Waals surface area contributed by atoms with Crippen molar-refractivity contribution in [1.29, 1.82) is 0 Å². The molecule has 0 amide bonds. The van der Waals surface area contributed by atoms with Crippen LogP contribution in [0, 0.1) is 0 Å². The molecule has 120 valence electrons. The number of hydrogen-bond donors (Lipinski definition) is 1. The van der Waals surface area contributed by atoms with E-state index in [1.165, 1.54) is 12.1 Å². The van der Waals surface area contributed by atoms with Crippen molar-refractivity contribution in [2.45, 2.75) is 37.0 Å². The van der Waals surface area contributed by atoms with Crippen molar-refractivity contribution >= 4 is 11.6 Å². The van der Waals surface area contributed by atoms with Gasteiger partial charge in [0.05, 0.1) is 5.60 Å². The highest BCUT2D eigenvalue weighted by Crippen LogP contribution is 2.52. The summed E-state index contributed by atoms with van der Waals surface area (Å²) in [4.78, 5) is 0. The van der Waals surface area contributed by atoms with E-state index in [9.17, 15) is 35.8 Å². The predicted octanol–water partition coefficient (Wildman–Crippen LogP) is 4.77. The van der Waals surface area contributed by atoms with Crippen molar-refractivity contribution in [3.63, 3.8) is 0 Å². The Bertz CT molecular complexity index is 493. The second-order valence-electron chi connectivity index (χ2n) is 4.73. The van der Waals surface area contributed by atoms with E-state index < -0.39 is 35.6 Å². The van der Waals surface area contributed by atoms with Gasteiger partial charge < -0.3 is 5.11 Å². The average molecular weight is 339 g/mol. The fourth-order valence-corrected chi connectivity index (χ4v) is 2.17. The van der Waals surface area contributed by atoms with Gasteiger partial charge in [0.15, 0.2) is 0 Å². The smallest absolute Gasteiger partial charge is 0.385 e. The van der Waals surface area contributed by atoms with Crippen LogP contribution in [0.1, 0.15) is 18.9 Å². The minimum absolute atomic E-state index is 0.269. The highest BCUT2D eigenvalue weighted by Gasteiger charge is 2.73. The summed E-state index contributed by atoms with van der Waals surface area (Å²) < 4.78 is 88.7. The molecule has 1 atom stereocenters. The topological polar surface area (TPSA) is 20.2 Å². The Labute approximate surface area is 120 Å². The van der Waals surface area contributed by atoms with Gasteiger partial charge in [-0.25, -0.2) is 4.39 Å². The van der Waals surface area contributed by atoms with Gasteiger partial charge in [0.2, 0.25) is 0 Å². The van der Waals surface area contributed by atoms with Crippen molar-refractivity contribution in [3.8, 4) is 0 Å². The monoisotopic (exact) mass is 338 g/mol. The number of benzene rings is 1. The van der Waals surface area contributed by atoms with Gasteiger partial charge in [-0.15, -0.1) is 0 Å². The molecule has 9 heteroatoms. The van der Waals surface area contributed by atoms with Gasteiger partial charge in [-0.3, -0.25) is 0 Å². The van der Waals surface area contributed by atoms with Crippen LogP contribution in [0.2, 0.25) is 5.02 Å². The van der Waals surface area contributed by atoms with Crippen LogP contribution in [0.5, 0.6) is 0 Å². The molecule has 1 aromatic carbocycles. The van der Waals surface area contributed by atoms with E-state index in [2.05, 4.69) is 0 Å². The zero-order valence-corrected chi connectivity index (χ0v) is 11.2. The van der Waals surface area contributed by atoms with E-state index in [0.717, 1.165) is 12.1 Å². The van der Waals surface area contributed by atoms with Gasteiger partial charge >= 0.3 is 18.0 Å². The van der Waals surface area contributed by atoms with Crippen molar-refractivity contribution < 1.29 is 35.8 Å². The standard InChI is InChI=1S/C12H10ClF7O/c1-9(21,7-4-2-3-5-8(7)13)6-10(14,11(15,16)17)12(18,19)20/h2-5,21H,6H2,1H3. The van der Waals surface area contributed by atoms with Gasteiger partial charge in [-0.2, -0.15) is 26.3 Å². The first-order valence-corrected chi connectivity index (χ1v) is 5.90. The van der Waals surface area contributed by atoms with Gasteiger partial charge in [-0.1, -0.05) is 29.8 Å². The van der Waals surface area contributed by atoms with Crippen molar-refractivity contribution in [2.24, 2.45) is 0 Å². The third-order valence-corrected chi connectivity index (χ3v) is 3.27. The third-order valence-electron chi connectivity index (χ3n) is 2.94. The fourth-order valence-electron chi connectivity index (χ4n) is 1.83. The van der Waals surface area contributed by atoms with Crippen molar-refractivity contribution in [3.05, 3.63) is 34.9 Å². The highest BCUT2D eigenvalue weighted by atomic mass is 35.5. The van der Waals surface area contributed by atoms with Gasteiger partial charge in [-0.05, 0) is 13.0 Å². The first-order chi connectivity index (χ1) is 9.22. The SMILES string of the molecule is CC(O)(CC(F)(C(F)(F)F)C(F)(F)F)c1ccccc1Cl. The predicted molar refractivity (Wildman–Crippen MR) is 61.6 cm³/mol. The van der Waals surface area contributed by atoms with Crippen molar-refractivity contribution in [2.75, 3.05) is 0 Å². The normalized spacial score (nSPS) is 16.7. The van der Waals surface area contributed by atoms with Crippen LogP contribution < -0.4 is 0 Å². The molecular weight excluding hydrogens is 329 g/mol. The second-order valence-corrected chi connectivity index (χ2v) is 5.13. The van der Waals surface area contributed by atoms with E-state index in [1.54, 1.807) is 0 Å². The van der Waals surface area contributed by atoms with Crippen LogP contribution >= 0.6 is 11.6 Å². The highest BCUT2D eigenvalue weighted by molar-refractivity contribution is 6.31. The van der Waals surface area contributed by atoms with Gasteiger partial charge in [0.25, 0.3) is 0 Å². The van der Waals surface area contributed by atoms with Crippen LogP contribution in [0.3, 0.4) is 0 Å². The van der Waals surface area contributed by atoms with E-state index >= 15 is 0 Å². The van der Waals surface area contributed by atoms with Gasteiger partial charge in [0.1, 0.15) is 0 Å². The summed E-state index contributed by atoms with van der Waals surface area (Å²) in [6.07, 6.45) is -14.7. The van der Waals surface area contributed by atoms with Gasteiger partial charge in [0, 0.05) is 17.0 Å². The molecule has 0 bridgehead atoms. The summed E-state index contributed by atoms with van der Waals surface area (Å²) in [5.41, 5.74) is -8.75. The summed E-state index contributed by atoms with van der Waals surface area (Å²) >= 11 is 5.62. The molecule has 0 aliphatic heterocycles. The fraction of sp³-hybridized carbons (Fsp3) is 0.500. The van der Waals surface area contributed by atoms with Crippen LogP contribution in [0.25, 0.3) is 0 Å². The van der Waals surface area contributed by atoms with E-state index in [4.69, 9.17) is 11.6 Å². The molecule has 0 aliphatic carbocycles.